The number of hydrogen-bond acceptors (Lipinski definition) is 3. The van der Waals surface area contributed by atoms with Crippen molar-refractivity contribution in [3.05, 3.63) is 0 Å². The minimum absolute atomic E-state index is 0.127. The normalized spacial score (nSPS) is 14.6. The first-order valence-corrected chi connectivity index (χ1v) is 7.69. The first-order chi connectivity index (χ1) is 8.42. The lowest BCUT2D eigenvalue weighted by Crippen LogP contribution is -2.33. The van der Waals surface area contributed by atoms with E-state index in [1.54, 1.807) is 0 Å². The Hall–Kier alpha value is -0.320. The van der Waals surface area contributed by atoms with Crippen molar-refractivity contribution < 1.29 is 18.3 Å². The summed E-state index contributed by atoms with van der Waals surface area (Å²) in [5.41, 5.74) is -0.513. The van der Waals surface area contributed by atoms with E-state index in [2.05, 4.69) is 0 Å². The summed E-state index contributed by atoms with van der Waals surface area (Å²) in [5, 5.41) is -0.287. The SMILES string of the molecule is CC(C)C(SCCCC(C)(F)F)C(=O)OC(C)(C)C. The van der Waals surface area contributed by atoms with Crippen LogP contribution < -0.4 is 0 Å². The molecule has 5 heteroatoms. The van der Waals surface area contributed by atoms with E-state index in [1.165, 1.54) is 11.8 Å². The average molecular weight is 296 g/mol. The number of hydrogen-bond donors (Lipinski definition) is 0. The average Bonchev–Trinajstić information content (AvgIpc) is 2.11. The molecule has 0 aromatic carbocycles. The van der Waals surface area contributed by atoms with Gasteiger partial charge in [-0.05, 0) is 45.8 Å². The molecule has 0 fully saturated rings. The van der Waals surface area contributed by atoms with Gasteiger partial charge in [0, 0.05) is 6.42 Å². The fourth-order valence-corrected chi connectivity index (χ4v) is 2.62. The van der Waals surface area contributed by atoms with Crippen LogP contribution in [0.4, 0.5) is 8.78 Å². The van der Waals surface area contributed by atoms with Gasteiger partial charge >= 0.3 is 5.97 Å². The van der Waals surface area contributed by atoms with Crippen LogP contribution in [0.1, 0.15) is 54.4 Å². The minimum atomic E-state index is -2.63. The monoisotopic (exact) mass is 296 g/mol. The quantitative estimate of drug-likeness (QED) is 0.510. The molecule has 1 unspecified atom stereocenters. The summed E-state index contributed by atoms with van der Waals surface area (Å²) in [4.78, 5) is 12.0. The van der Waals surface area contributed by atoms with Crippen molar-refractivity contribution in [2.75, 3.05) is 5.75 Å². The lowest BCUT2D eigenvalue weighted by atomic mass is 10.1. The van der Waals surface area contributed by atoms with Gasteiger partial charge in [-0.3, -0.25) is 4.79 Å². The number of carbonyl (C=O) groups is 1. The highest BCUT2D eigenvalue weighted by molar-refractivity contribution is 8.00. The topological polar surface area (TPSA) is 26.3 Å². The summed E-state index contributed by atoms with van der Waals surface area (Å²) in [6.07, 6.45) is 0.263. The second-order valence-corrected chi connectivity index (χ2v) is 7.49. The van der Waals surface area contributed by atoms with Gasteiger partial charge in [-0.1, -0.05) is 13.8 Å². The Kier molecular flexibility index (Phi) is 7.33. The van der Waals surface area contributed by atoms with Crippen LogP contribution in [-0.4, -0.2) is 28.5 Å². The minimum Gasteiger partial charge on any atom is -0.459 e. The third kappa shape index (κ3) is 10.2. The molecule has 19 heavy (non-hydrogen) atoms. The van der Waals surface area contributed by atoms with E-state index in [9.17, 15) is 13.6 Å². The molecule has 0 aromatic rings. The Bertz CT molecular complexity index is 280. The Morgan fingerprint density at radius 1 is 1.21 bits per heavy atom. The number of esters is 1. The van der Waals surface area contributed by atoms with Gasteiger partial charge in [-0.25, -0.2) is 8.78 Å². The van der Waals surface area contributed by atoms with Crippen LogP contribution in [0.25, 0.3) is 0 Å². The highest BCUT2D eigenvalue weighted by Crippen LogP contribution is 2.26. The fourth-order valence-electron chi connectivity index (χ4n) is 1.49. The zero-order valence-electron chi connectivity index (χ0n) is 12.8. The fraction of sp³-hybridized carbons (Fsp3) is 0.929. The van der Waals surface area contributed by atoms with Gasteiger partial charge in [0.1, 0.15) is 10.9 Å². The molecule has 0 radical (unpaired) electrons. The third-order valence-corrected chi connectivity index (χ3v) is 3.92. The van der Waals surface area contributed by atoms with Gasteiger partial charge in [0.25, 0.3) is 0 Å². The molecule has 0 saturated heterocycles. The molecule has 0 amide bonds. The molecule has 0 rings (SSSR count). The lowest BCUT2D eigenvalue weighted by Gasteiger charge is -2.25. The van der Waals surface area contributed by atoms with Crippen LogP contribution in [0.15, 0.2) is 0 Å². The molecule has 0 aliphatic carbocycles. The molecule has 0 saturated carbocycles. The Morgan fingerprint density at radius 3 is 2.11 bits per heavy atom. The summed E-state index contributed by atoms with van der Waals surface area (Å²) < 4.78 is 30.7. The van der Waals surface area contributed by atoms with Gasteiger partial charge in [0.2, 0.25) is 5.92 Å². The van der Waals surface area contributed by atoms with Gasteiger partial charge in [-0.2, -0.15) is 0 Å². The first kappa shape index (κ1) is 18.7. The molecule has 0 bridgehead atoms. The van der Waals surface area contributed by atoms with Crippen LogP contribution in [0.2, 0.25) is 0 Å². The number of carbonyl (C=O) groups excluding carboxylic acids is 1. The van der Waals surface area contributed by atoms with Crippen molar-refractivity contribution in [1.82, 2.24) is 0 Å². The molecular formula is C14H26F2O2S. The van der Waals surface area contributed by atoms with Crippen molar-refractivity contribution in [3.8, 4) is 0 Å². The summed E-state index contributed by atoms with van der Waals surface area (Å²) >= 11 is 1.41. The van der Waals surface area contributed by atoms with E-state index in [-0.39, 0.29) is 23.6 Å². The lowest BCUT2D eigenvalue weighted by molar-refractivity contribution is -0.154. The van der Waals surface area contributed by atoms with E-state index in [4.69, 9.17) is 4.74 Å². The molecule has 0 spiro atoms. The van der Waals surface area contributed by atoms with E-state index < -0.39 is 11.5 Å². The van der Waals surface area contributed by atoms with Crippen molar-refractivity contribution in [2.45, 2.75) is 71.2 Å². The molecule has 0 heterocycles. The molecule has 0 N–H and O–H groups in total. The zero-order valence-corrected chi connectivity index (χ0v) is 13.6. The van der Waals surface area contributed by atoms with Gasteiger partial charge in [0.15, 0.2) is 0 Å². The largest absolute Gasteiger partial charge is 0.459 e. The third-order valence-electron chi connectivity index (χ3n) is 2.30. The molecule has 0 aliphatic rings. The maximum atomic E-state index is 12.7. The predicted octanol–water partition coefficient (Wildman–Crippen LogP) is 4.52. The van der Waals surface area contributed by atoms with Crippen molar-refractivity contribution in [3.63, 3.8) is 0 Å². The van der Waals surface area contributed by atoms with Crippen LogP contribution in [-0.2, 0) is 9.53 Å². The van der Waals surface area contributed by atoms with Crippen molar-refractivity contribution >= 4 is 17.7 Å². The predicted molar refractivity (Wildman–Crippen MR) is 76.8 cm³/mol. The highest BCUT2D eigenvalue weighted by Gasteiger charge is 2.28. The zero-order chi connectivity index (χ0) is 15.3. The summed E-state index contributed by atoms with van der Waals surface area (Å²) in [6, 6.07) is 0. The van der Waals surface area contributed by atoms with E-state index in [0.717, 1.165) is 6.92 Å². The van der Waals surface area contributed by atoms with Gasteiger partial charge in [-0.15, -0.1) is 11.8 Å². The second kappa shape index (κ2) is 7.46. The molecule has 0 aromatic heterocycles. The highest BCUT2D eigenvalue weighted by atomic mass is 32.2. The number of rotatable bonds is 7. The van der Waals surface area contributed by atoms with Crippen LogP contribution in [0.5, 0.6) is 0 Å². The van der Waals surface area contributed by atoms with Gasteiger partial charge in [0.05, 0.1) is 0 Å². The molecule has 114 valence electrons. The van der Waals surface area contributed by atoms with E-state index in [0.29, 0.717) is 12.2 Å². The molecule has 2 nitrogen and oxygen atoms in total. The molecule has 1 atom stereocenters. The summed E-state index contributed by atoms with van der Waals surface area (Å²) in [5.74, 6) is -2.21. The number of thioether (sulfide) groups is 1. The first-order valence-electron chi connectivity index (χ1n) is 6.64. The Balaban J connectivity index is 4.24. The molecule has 0 aliphatic heterocycles. The Morgan fingerprint density at radius 2 is 1.74 bits per heavy atom. The number of halogens is 2. The summed E-state index contributed by atoms with van der Waals surface area (Å²) in [7, 11) is 0. The number of alkyl halides is 2. The van der Waals surface area contributed by atoms with Crippen LogP contribution in [0.3, 0.4) is 0 Å². The second-order valence-electron chi connectivity index (χ2n) is 6.24. The van der Waals surface area contributed by atoms with Crippen molar-refractivity contribution in [2.24, 2.45) is 5.92 Å². The van der Waals surface area contributed by atoms with E-state index in [1.807, 2.05) is 34.6 Å². The van der Waals surface area contributed by atoms with Crippen LogP contribution >= 0.6 is 11.8 Å². The number of ether oxygens (including phenoxy) is 1. The standard InChI is InChI=1S/C14H26F2O2S/c1-10(2)11(12(17)18-13(3,4)5)19-9-7-8-14(6,15)16/h10-11H,7-9H2,1-6H3. The molecular weight excluding hydrogens is 270 g/mol. The maximum Gasteiger partial charge on any atom is 0.319 e. The van der Waals surface area contributed by atoms with Crippen LogP contribution in [0, 0.1) is 5.92 Å². The smallest absolute Gasteiger partial charge is 0.319 e. The summed E-state index contributed by atoms with van der Waals surface area (Å²) in [6.45, 7) is 10.3. The van der Waals surface area contributed by atoms with E-state index >= 15 is 0 Å². The van der Waals surface area contributed by atoms with Crippen molar-refractivity contribution in [1.29, 1.82) is 0 Å². The maximum absolute atomic E-state index is 12.7. The Labute approximate surface area is 119 Å². The van der Waals surface area contributed by atoms with Gasteiger partial charge < -0.3 is 4.74 Å².